The maximum Gasteiger partial charge on any atom is 0.411 e. The summed E-state index contributed by atoms with van der Waals surface area (Å²) in [6.45, 7) is 1.51. The maximum atomic E-state index is 14.4. The summed E-state index contributed by atoms with van der Waals surface area (Å²) in [6, 6.07) is 10.6. The van der Waals surface area contributed by atoms with E-state index < -0.39 is 18.6 Å². The van der Waals surface area contributed by atoms with Crippen molar-refractivity contribution in [3.8, 4) is 0 Å². The number of ether oxygens (including phenoxy) is 1. The number of ketones is 1. The summed E-state index contributed by atoms with van der Waals surface area (Å²) < 4.78 is 55.4. The topological polar surface area (TPSA) is 49.9 Å². The lowest BCUT2D eigenvalue weighted by Crippen LogP contribution is -2.49. The molecule has 0 bridgehead atoms. The number of piperazine rings is 1. The van der Waals surface area contributed by atoms with E-state index in [1.807, 2.05) is 4.90 Å². The van der Waals surface area contributed by atoms with E-state index >= 15 is 0 Å². The van der Waals surface area contributed by atoms with Crippen LogP contribution in [0.15, 0.2) is 42.5 Å². The minimum Gasteiger partial charge on any atom is -0.367 e. The fourth-order valence-electron chi connectivity index (χ4n) is 3.34. The lowest BCUT2D eigenvalue weighted by molar-refractivity contribution is -0.176. The minimum atomic E-state index is -4.38. The number of alkyl halides is 3. The van der Waals surface area contributed by atoms with E-state index in [1.54, 1.807) is 41.3 Å². The second kappa shape index (κ2) is 9.47. The molecule has 31 heavy (non-hydrogen) atoms. The largest absolute Gasteiger partial charge is 0.411 e. The van der Waals surface area contributed by atoms with Gasteiger partial charge in [-0.25, -0.2) is 4.39 Å². The quantitative estimate of drug-likeness (QED) is 0.504. The van der Waals surface area contributed by atoms with Crippen molar-refractivity contribution in [2.75, 3.05) is 37.7 Å². The van der Waals surface area contributed by atoms with Crippen molar-refractivity contribution in [2.45, 2.75) is 19.7 Å². The summed E-state index contributed by atoms with van der Waals surface area (Å²) in [5.74, 6) is -0.885. The summed E-state index contributed by atoms with van der Waals surface area (Å²) in [7, 11) is 0. The van der Waals surface area contributed by atoms with Crippen molar-refractivity contribution < 1.29 is 31.9 Å². The zero-order valence-corrected chi connectivity index (χ0v) is 16.9. The van der Waals surface area contributed by atoms with Gasteiger partial charge < -0.3 is 14.5 Å². The Kier molecular flexibility index (Phi) is 6.94. The molecule has 0 unspecified atom stereocenters. The van der Waals surface area contributed by atoms with Crippen LogP contribution in [0.5, 0.6) is 0 Å². The van der Waals surface area contributed by atoms with Gasteiger partial charge in [-0.2, -0.15) is 13.2 Å². The summed E-state index contributed by atoms with van der Waals surface area (Å²) in [5.41, 5.74) is 1.66. The lowest BCUT2D eigenvalue weighted by Gasteiger charge is -2.36. The first-order valence-corrected chi connectivity index (χ1v) is 9.72. The van der Waals surface area contributed by atoms with Gasteiger partial charge in [0.15, 0.2) is 5.78 Å². The molecule has 3 rings (SSSR count). The zero-order valence-electron chi connectivity index (χ0n) is 16.9. The van der Waals surface area contributed by atoms with Crippen LogP contribution in [-0.2, 0) is 11.3 Å². The molecule has 0 aromatic heterocycles. The number of carbonyl (C=O) groups is 2. The van der Waals surface area contributed by atoms with E-state index in [0.717, 1.165) is 0 Å². The number of benzene rings is 2. The molecule has 166 valence electrons. The van der Waals surface area contributed by atoms with Crippen LogP contribution in [0, 0.1) is 5.82 Å². The second-order valence-electron chi connectivity index (χ2n) is 7.31. The average molecular weight is 438 g/mol. The van der Waals surface area contributed by atoms with E-state index in [0.29, 0.717) is 48.6 Å². The Hall–Kier alpha value is -2.94. The van der Waals surface area contributed by atoms with E-state index in [9.17, 15) is 27.2 Å². The van der Waals surface area contributed by atoms with Gasteiger partial charge in [0, 0.05) is 37.3 Å². The third kappa shape index (κ3) is 6.04. The third-order valence-corrected chi connectivity index (χ3v) is 5.00. The maximum absolute atomic E-state index is 14.4. The fourth-order valence-corrected chi connectivity index (χ4v) is 3.34. The summed E-state index contributed by atoms with van der Waals surface area (Å²) >= 11 is 0. The average Bonchev–Trinajstić information content (AvgIpc) is 2.73. The van der Waals surface area contributed by atoms with Crippen LogP contribution in [0.2, 0.25) is 0 Å². The molecule has 1 heterocycles. The van der Waals surface area contributed by atoms with Gasteiger partial charge in [-0.3, -0.25) is 9.59 Å². The van der Waals surface area contributed by atoms with Crippen molar-refractivity contribution in [1.29, 1.82) is 0 Å². The highest BCUT2D eigenvalue weighted by atomic mass is 19.4. The van der Waals surface area contributed by atoms with Gasteiger partial charge in [0.1, 0.15) is 12.4 Å². The van der Waals surface area contributed by atoms with Gasteiger partial charge in [-0.15, -0.1) is 0 Å². The van der Waals surface area contributed by atoms with Crippen LogP contribution in [0.4, 0.5) is 23.2 Å². The Morgan fingerprint density at radius 2 is 1.58 bits per heavy atom. The van der Waals surface area contributed by atoms with Crippen LogP contribution < -0.4 is 4.90 Å². The number of amides is 1. The number of Topliss-reactive ketones (excluding diaryl/α,β-unsaturated/α-hetero) is 1. The van der Waals surface area contributed by atoms with Crippen molar-refractivity contribution in [2.24, 2.45) is 0 Å². The molecule has 0 N–H and O–H groups in total. The number of hydrogen-bond donors (Lipinski definition) is 0. The smallest absolute Gasteiger partial charge is 0.367 e. The summed E-state index contributed by atoms with van der Waals surface area (Å²) in [5, 5.41) is 0. The molecule has 2 aromatic rings. The molecule has 9 heteroatoms. The molecule has 0 spiro atoms. The van der Waals surface area contributed by atoms with Crippen molar-refractivity contribution >= 4 is 17.4 Å². The van der Waals surface area contributed by atoms with Crippen LogP contribution in [-0.4, -0.2) is 55.6 Å². The van der Waals surface area contributed by atoms with Crippen molar-refractivity contribution in [3.63, 3.8) is 0 Å². The highest BCUT2D eigenvalue weighted by molar-refractivity contribution is 5.95. The van der Waals surface area contributed by atoms with E-state index in [4.69, 9.17) is 0 Å². The molecule has 0 saturated carbocycles. The van der Waals surface area contributed by atoms with Gasteiger partial charge in [0.2, 0.25) is 0 Å². The number of hydrogen-bond acceptors (Lipinski definition) is 4. The molecule has 1 amide bonds. The Balaban J connectivity index is 1.55. The summed E-state index contributed by atoms with van der Waals surface area (Å²) in [6.07, 6.45) is -4.38. The molecular weight excluding hydrogens is 416 g/mol. The van der Waals surface area contributed by atoms with E-state index in [2.05, 4.69) is 4.74 Å². The molecule has 1 fully saturated rings. The fraction of sp³-hybridized carbons (Fsp3) is 0.364. The molecule has 1 aliphatic rings. The molecule has 0 radical (unpaired) electrons. The van der Waals surface area contributed by atoms with Crippen LogP contribution in [0.1, 0.15) is 33.2 Å². The molecule has 0 aliphatic carbocycles. The number of halogens is 4. The number of carbonyl (C=O) groups excluding carboxylic acids is 2. The first-order chi connectivity index (χ1) is 14.6. The monoisotopic (exact) mass is 438 g/mol. The van der Waals surface area contributed by atoms with Crippen molar-refractivity contribution in [1.82, 2.24) is 4.90 Å². The SMILES string of the molecule is CC(=O)c1ccc(N2CCN(C(=O)c3ccc(COCC(F)(F)F)cc3)CC2)c(F)c1. The second-order valence-corrected chi connectivity index (χ2v) is 7.31. The van der Waals surface area contributed by atoms with Gasteiger partial charge in [0.25, 0.3) is 5.91 Å². The van der Waals surface area contributed by atoms with Gasteiger partial charge in [0.05, 0.1) is 12.3 Å². The predicted octanol–water partition coefficient (Wildman–Crippen LogP) is 4.07. The third-order valence-electron chi connectivity index (χ3n) is 5.00. The number of rotatable bonds is 6. The van der Waals surface area contributed by atoms with Gasteiger partial charge in [-0.05, 0) is 42.8 Å². The Morgan fingerprint density at radius 1 is 0.968 bits per heavy atom. The van der Waals surface area contributed by atoms with E-state index in [1.165, 1.54) is 13.0 Å². The lowest BCUT2D eigenvalue weighted by atomic mass is 10.1. The van der Waals surface area contributed by atoms with Crippen LogP contribution in [0.25, 0.3) is 0 Å². The highest BCUT2D eigenvalue weighted by Gasteiger charge is 2.27. The molecule has 1 saturated heterocycles. The van der Waals surface area contributed by atoms with Gasteiger partial charge >= 0.3 is 6.18 Å². The molecular formula is C22H22F4N2O3. The molecule has 2 aromatic carbocycles. The first-order valence-electron chi connectivity index (χ1n) is 9.72. The standard InChI is InChI=1S/C22H22F4N2O3/c1-15(29)18-6-7-20(19(23)12-18)27-8-10-28(11-9-27)21(30)17-4-2-16(3-5-17)13-31-14-22(24,25)26/h2-7,12H,8-11,13-14H2,1H3. The Morgan fingerprint density at radius 3 is 2.13 bits per heavy atom. The van der Waals surface area contributed by atoms with Crippen LogP contribution in [0.3, 0.4) is 0 Å². The number of anilines is 1. The minimum absolute atomic E-state index is 0.194. The first kappa shape index (κ1) is 22.7. The predicted molar refractivity (Wildman–Crippen MR) is 107 cm³/mol. The van der Waals surface area contributed by atoms with E-state index in [-0.39, 0.29) is 18.3 Å². The Labute approximate surface area is 177 Å². The Bertz CT molecular complexity index is 937. The summed E-state index contributed by atoms with van der Waals surface area (Å²) in [4.78, 5) is 27.5. The van der Waals surface area contributed by atoms with Crippen LogP contribution >= 0.6 is 0 Å². The molecule has 5 nitrogen and oxygen atoms in total. The molecule has 1 aliphatic heterocycles. The van der Waals surface area contributed by atoms with Crippen molar-refractivity contribution in [3.05, 3.63) is 65.0 Å². The zero-order chi connectivity index (χ0) is 22.6. The highest BCUT2D eigenvalue weighted by Crippen LogP contribution is 2.23. The molecule has 0 atom stereocenters. The normalized spacial score (nSPS) is 14.6. The number of nitrogens with zero attached hydrogens (tertiary/aromatic N) is 2. The van der Waals surface area contributed by atoms with Gasteiger partial charge in [-0.1, -0.05) is 12.1 Å².